The van der Waals surface area contributed by atoms with Crippen LogP contribution in [0.3, 0.4) is 0 Å². The molecule has 0 aromatic heterocycles. The third kappa shape index (κ3) is 16.6. The third-order valence-electron chi connectivity index (χ3n) is 3.19. The molecular formula is C20H34N2O3. The first-order valence-electron chi connectivity index (χ1n) is 9.03. The Hall–Kier alpha value is -2.04. The Bertz CT molecular complexity index is 481. The van der Waals surface area contributed by atoms with Crippen molar-refractivity contribution in [3.63, 3.8) is 0 Å². The highest BCUT2D eigenvalue weighted by Crippen LogP contribution is 2.09. The summed E-state index contributed by atoms with van der Waals surface area (Å²) in [6.07, 6.45) is 6.38. The van der Waals surface area contributed by atoms with Gasteiger partial charge in [-0.25, -0.2) is 4.79 Å². The summed E-state index contributed by atoms with van der Waals surface area (Å²) in [5, 5.41) is 2.56. The molecule has 25 heavy (non-hydrogen) atoms. The average Bonchev–Trinajstić information content (AvgIpc) is 2.50. The van der Waals surface area contributed by atoms with E-state index in [1.807, 2.05) is 51.1 Å². The molecule has 0 radical (unpaired) electrons. The summed E-state index contributed by atoms with van der Waals surface area (Å²) in [4.78, 5) is 21.6. The Morgan fingerprint density at radius 2 is 1.64 bits per heavy atom. The molecule has 0 saturated carbocycles. The number of carbonyl (C=O) groups is 2. The zero-order chi connectivity index (χ0) is 19.1. The maximum Gasteiger partial charge on any atom is 0.312 e. The summed E-state index contributed by atoms with van der Waals surface area (Å²) in [6.45, 7) is 8.52. The van der Waals surface area contributed by atoms with Crippen molar-refractivity contribution in [1.29, 1.82) is 0 Å². The maximum absolute atomic E-state index is 11.4. The van der Waals surface area contributed by atoms with Crippen molar-refractivity contribution in [2.75, 3.05) is 6.54 Å². The van der Waals surface area contributed by atoms with Crippen LogP contribution < -0.4 is 11.1 Å². The first-order chi connectivity index (χ1) is 11.7. The number of ether oxygens (including phenoxy) is 1. The number of amides is 2. The van der Waals surface area contributed by atoms with Crippen LogP contribution in [0.1, 0.15) is 65.4 Å². The van der Waals surface area contributed by atoms with Gasteiger partial charge in [-0.1, -0.05) is 62.9 Å². The third-order valence-corrected chi connectivity index (χ3v) is 3.19. The van der Waals surface area contributed by atoms with Crippen LogP contribution in [-0.4, -0.2) is 24.1 Å². The summed E-state index contributed by atoms with van der Waals surface area (Å²) >= 11 is 0. The Kier molecular flexibility index (Phi) is 12.2. The van der Waals surface area contributed by atoms with E-state index in [0.29, 0.717) is 6.42 Å². The lowest BCUT2D eigenvalue weighted by atomic mass is 10.1. The van der Waals surface area contributed by atoms with Gasteiger partial charge in [-0.2, -0.15) is 0 Å². The molecule has 2 amide bonds. The summed E-state index contributed by atoms with van der Waals surface area (Å²) in [5.41, 5.74) is 5.47. The molecule has 0 bridgehead atoms. The Balaban J connectivity index is 0.000000477. The van der Waals surface area contributed by atoms with Crippen LogP contribution in [0.5, 0.6) is 0 Å². The molecule has 0 spiro atoms. The van der Waals surface area contributed by atoms with Gasteiger partial charge in [0.05, 0.1) is 6.42 Å². The van der Waals surface area contributed by atoms with E-state index in [0.717, 1.165) is 18.5 Å². The first kappa shape index (κ1) is 23.0. The van der Waals surface area contributed by atoms with E-state index in [4.69, 9.17) is 10.5 Å². The second-order valence-electron chi connectivity index (χ2n) is 6.95. The second kappa shape index (κ2) is 13.3. The number of carbonyl (C=O) groups excluding carboxylic acids is 2. The summed E-state index contributed by atoms with van der Waals surface area (Å²) in [5.74, 6) is -0.177. The van der Waals surface area contributed by atoms with Crippen molar-refractivity contribution < 1.29 is 14.3 Å². The fourth-order valence-electron chi connectivity index (χ4n) is 2.08. The lowest BCUT2D eigenvalue weighted by Gasteiger charge is -2.19. The zero-order valence-electron chi connectivity index (χ0n) is 16.1. The molecule has 0 unspecified atom stereocenters. The monoisotopic (exact) mass is 350 g/mol. The number of nitrogens with one attached hydrogen (secondary N) is 1. The van der Waals surface area contributed by atoms with Gasteiger partial charge in [0.25, 0.3) is 0 Å². The molecule has 1 aromatic carbocycles. The van der Waals surface area contributed by atoms with Crippen LogP contribution in [0.4, 0.5) is 4.79 Å². The van der Waals surface area contributed by atoms with Gasteiger partial charge in [0.15, 0.2) is 0 Å². The van der Waals surface area contributed by atoms with Crippen LogP contribution >= 0.6 is 0 Å². The number of hydrogen-bond donors (Lipinski definition) is 2. The molecule has 1 aromatic rings. The van der Waals surface area contributed by atoms with Crippen LogP contribution in [0.15, 0.2) is 30.3 Å². The van der Waals surface area contributed by atoms with Crippen molar-refractivity contribution in [1.82, 2.24) is 5.32 Å². The molecule has 3 N–H and O–H groups in total. The highest BCUT2D eigenvalue weighted by molar-refractivity contribution is 5.73. The zero-order valence-corrected chi connectivity index (χ0v) is 16.1. The van der Waals surface area contributed by atoms with Crippen LogP contribution in [0, 0.1) is 0 Å². The number of primary amides is 1. The van der Waals surface area contributed by atoms with Gasteiger partial charge in [-0.15, -0.1) is 0 Å². The lowest BCUT2D eigenvalue weighted by Crippen LogP contribution is -2.29. The van der Waals surface area contributed by atoms with E-state index in [2.05, 4.69) is 12.2 Å². The van der Waals surface area contributed by atoms with E-state index in [1.54, 1.807) is 0 Å². The fraction of sp³-hybridized carbons (Fsp3) is 0.600. The quantitative estimate of drug-likeness (QED) is 0.544. The molecule has 5 heteroatoms. The minimum Gasteiger partial charge on any atom is -0.460 e. The molecule has 0 aliphatic carbocycles. The Morgan fingerprint density at radius 3 is 2.16 bits per heavy atom. The van der Waals surface area contributed by atoms with Gasteiger partial charge in [0, 0.05) is 6.54 Å². The number of nitrogens with two attached hydrogens (primary N) is 1. The molecule has 0 aliphatic rings. The predicted molar refractivity (Wildman–Crippen MR) is 102 cm³/mol. The van der Waals surface area contributed by atoms with E-state index in [9.17, 15) is 9.59 Å². The van der Waals surface area contributed by atoms with Crippen LogP contribution in [-0.2, 0) is 16.0 Å². The normalized spacial score (nSPS) is 10.4. The predicted octanol–water partition coefficient (Wildman–Crippen LogP) is 4.20. The molecule has 0 saturated heterocycles. The number of hydrogen-bond acceptors (Lipinski definition) is 3. The van der Waals surface area contributed by atoms with Crippen molar-refractivity contribution >= 4 is 12.0 Å². The Morgan fingerprint density at radius 1 is 1.04 bits per heavy atom. The molecule has 0 heterocycles. The van der Waals surface area contributed by atoms with Gasteiger partial charge >= 0.3 is 12.0 Å². The number of esters is 1. The van der Waals surface area contributed by atoms with Gasteiger partial charge in [-0.3, -0.25) is 4.79 Å². The molecule has 0 fully saturated rings. The van der Waals surface area contributed by atoms with E-state index in [1.165, 1.54) is 25.7 Å². The average molecular weight is 351 g/mol. The van der Waals surface area contributed by atoms with Crippen molar-refractivity contribution in [2.45, 2.75) is 71.8 Å². The molecular weight excluding hydrogens is 316 g/mol. The standard InChI is InChI=1S/C12H16O2.C8H18N2O/c1-12(2,3)14-11(13)9-10-7-5-4-6-8-10;1-2-3-4-5-6-7-10-8(9)11/h4-8H,9H2,1-3H3;2-7H2,1H3,(H3,9,10,11). The Labute approximate surface area is 152 Å². The van der Waals surface area contributed by atoms with E-state index in [-0.39, 0.29) is 5.97 Å². The maximum atomic E-state index is 11.4. The topological polar surface area (TPSA) is 81.4 Å². The van der Waals surface area contributed by atoms with Gasteiger partial charge in [0.1, 0.15) is 5.60 Å². The van der Waals surface area contributed by atoms with Gasteiger partial charge < -0.3 is 15.8 Å². The smallest absolute Gasteiger partial charge is 0.312 e. The van der Waals surface area contributed by atoms with Crippen molar-refractivity contribution in [3.8, 4) is 0 Å². The minimum atomic E-state index is -0.416. The lowest BCUT2D eigenvalue weighted by molar-refractivity contribution is -0.153. The van der Waals surface area contributed by atoms with Crippen LogP contribution in [0.2, 0.25) is 0 Å². The molecule has 0 atom stereocenters. The summed E-state index contributed by atoms with van der Waals surface area (Å²) in [6, 6.07) is 9.19. The molecule has 1 rings (SSSR count). The largest absolute Gasteiger partial charge is 0.460 e. The summed E-state index contributed by atoms with van der Waals surface area (Å²) < 4.78 is 5.20. The van der Waals surface area contributed by atoms with Crippen LogP contribution in [0.25, 0.3) is 0 Å². The van der Waals surface area contributed by atoms with Gasteiger partial charge in [0.2, 0.25) is 0 Å². The fourth-order valence-corrected chi connectivity index (χ4v) is 2.08. The highest BCUT2D eigenvalue weighted by atomic mass is 16.6. The number of rotatable bonds is 8. The van der Waals surface area contributed by atoms with E-state index < -0.39 is 11.6 Å². The first-order valence-corrected chi connectivity index (χ1v) is 9.03. The number of unbranched alkanes of at least 4 members (excludes halogenated alkanes) is 4. The van der Waals surface area contributed by atoms with Crippen molar-refractivity contribution in [2.24, 2.45) is 5.73 Å². The van der Waals surface area contributed by atoms with Crippen molar-refractivity contribution in [3.05, 3.63) is 35.9 Å². The second-order valence-corrected chi connectivity index (χ2v) is 6.95. The van der Waals surface area contributed by atoms with Gasteiger partial charge in [-0.05, 0) is 32.8 Å². The SMILES string of the molecule is CC(C)(C)OC(=O)Cc1ccccc1.CCCCCCCNC(N)=O. The molecule has 5 nitrogen and oxygen atoms in total. The van der Waals surface area contributed by atoms with E-state index >= 15 is 0 Å². The number of urea groups is 1. The molecule has 0 aliphatic heterocycles. The number of benzene rings is 1. The minimum absolute atomic E-state index is 0.177. The summed E-state index contributed by atoms with van der Waals surface area (Å²) in [7, 11) is 0. The highest BCUT2D eigenvalue weighted by Gasteiger charge is 2.15. The molecule has 142 valence electrons.